The van der Waals surface area contributed by atoms with E-state index in [2.05, 4.69) is 4.90 Å². The topological polar surface area (TPSA) is 92.3 Å². The van der Waals surface area contributed by atoms with Gasteiger partial charge in [0.2, 0.25) is 18.6 Å². The summed E-state index contributed by atoms with van der Waals surface area (Å²) in [4.78, 5) is 47.2. The van der Waals surface area contributed by atoms with Crippen LogP contribution in [0.15, 0.2) is 36.4 Å². The predicted octanol–water partition coefficient (Wildman–Crippen LogP) is 3.28. The van der Waals surface area contributed by atoms with E-state index in [1.807, 2.05) is 26.2 Å². The minimum Gasteiger partial charge on any atom is -0.454 e. The van der Waals surface area contributed by atoms with Crippen LogP contribution in [0.2, 0.25) is 0 Å². The van der Waals surface area contributed by atoms with Crippen molar-refractivity contribution in [1.82, 2.24) is 9.88 Å². The molecule has 0 atom stereocenters. The third-order valence-electron chi connectivity index (χ3n) is 5.76. The number of hydrogen-bond acceptors (Lipinski definition) is 8. The number of anilines is 2. The molecule has 34 heavy (non-hydrogen) atoms. The van der Waals surface area contributed by atoms with Crippen LogP contribution >= 0.6 is 11.3 Å². The zero-order valence-electron chi connectivity index (χ0n) is 18.9. The molecule has 3 aromatic rings. The molecule has 0 N–H and O–H groups in total. The zero-order chi connectivity index (χ0) is 23.8. The van der Waals surface area contributed by atoms with Crippen molar-refractivity contribution in [1.29, 1.82) is 0 Å². The van der Waals surface area contributed by atoms with Crippen molar-refractivity contribution in [3.8, 4) is 11.5 Å². The van der Waals surface area contributed by atoms with E-state index in [1.165, 1.54) is 16.2 Å². The van der Waals surface area contributed by atoms with Gasteiger partial charge in [-0.25, -0.2) is 4.98 Å². The molecule has 176 valence electrons. The van der Waals surface area contributed by atoms with Crippen LogP contribution < -0.4 is 19.3 Å². The zero-order valence-corrected chi connectivity index (χ0v) is 19.8. The van der Waals surface area contributed by atoms with Gasteiger partial charge in [-0.05, 0) is 51.3 Å². The first-order valence-corrected chi connectivity index (χ1v) is 11.8. The molecule has 10 heteroatoms. The van der Waals surface area contributed by atoms with E-state index in [1.54, 1.807) is 29.2 Å². The Morgan fingerprint density at radius 2 is 1.71 bits per heavy atom. The smallest absolute Gasteiger partial charge is 0.260 e. The number of ether oxygens (including phenoxy) is 2. The Kier molecular flexibility index (Phi) is 5.93. The first-order valence-electron chi connectivity index (χ1n) is 11.0. The molecule has 2 aliphatic heterocycles. The van der Waals surface area contributed by atoms with Crippen molar-refractivity contribution in [2.24, 2.45) is 0 Å². The average Bonchev–Trinajstić information content (AvgIpc) is 3.52. The lowest BCUT2D eigenvalue weighted by atomic mass is 10.1. The van der Waals surface area contributed by atoms with Gasteiger partial charge in [0, 0.05) is 37.1 Å². The second kappa shape index (κ2) is 9.03. The number of thiazole rings is 1. The molecule has 3 amide bonds. The number of benzene rings is 2. The van der Waals surface area contributed by atoms with Crippen molar-refractivity contribution in [3.05, 3.63) is 42.0 Å². The van der Waals surface area contributed by atoms with Crippen molar-refractivity contribution >= 4 is 50.1 Å². The maximum Gasteiger partial charge on any atom is 0.260 e. The summed E-state index contributed by atoms with van der Waals surface area (Å²) in [6, 6.07) is 10.3. The van der Waals surface area contributed by atoms with E-state index in [0.29, 0.717) is 34.4 Å². The van der Waals surface area contributed by atoms with Crippen molar-refractivity contribution in [2.75, 3.05) is 43.8 Å². The molecular weight excluding hydrogens is 456 g/mol. The molecular formula is C24H24N4O5S. The van der Waals surface area contributed by atoms with E-state index in [4.69, 9.17) is 14.5 Å². The molecule has 9 nitrogen and oxygen atoms in total. The summed E-state index contributed by atoms with van der Waals surface area (Å²) in [7, 11) is 3.98. The third kappa shape index (κ3) is 4.22. The van der Waals surface area contributed by atoms with Crippen molar-refractivity contribution in [3.63, 3.8) is 0 Å². The first-order chi connectivity index (χ1) is 16.4. The molecule has 0 saturated carbocycles. The fraction of sp³-hybridized carbons (Fsp3) is 0.333. The van der Waals surface area contributed by atoms with E-state index in [9.17, 15) is 14.4 Å². The average molecular weight is 481 g/mol. The van der Waals surface area contributed by atoms with Crippen LogP contribution in [-0.4, -0.2) is 61.6 Å². The fourth-order valence-electron chi connectivity index (χ4n) is 4.02. The van der Waals surface area contributed by atoms with Gasteiger partial charge in [0.05, 0.1) is 15.9 Å². The highest BCUT2D eigenvalue weighted by Crippen LogP contribution is 2.40. The summed E-state index contributed by atoms with van der Waals surface area (Å²) in [6.07, 6.45) is 1.21. The fourth-order valence-corrected chi connectivity index (χ4v) is 5.02. The van der Waals surface area contributed by atoms with Crippen molar-refractivity contribution < 1.29 is 23.9 Å². The van der Waals surface area contributed by atoms with Gasteiger partial charge in [-0.3, -0.25) is 24.2 Å². The van der Waals surface area contributed by atoms with E-state index < -0.39 is 0 Å². The largest absolute Gasteiger partial charge is 0.454 e. The number of nitrogens with zero attached hydrogens (tertiary/aromatic N) is 4. The Hall–Kier alpha value is -3.50. The number of imide groups is 1. The molecule has 2 aromatic carbocycles. The lowest BCUT2D eigenvalue weighted by Gasteiger charge is -2.21. The third-order valence-corrected chi connectivity index (χ3v) is 6.80. The van der Waals surface area contributed by atoms with Gasteiger partial charge in [0.25, 0.3) is 5.91 Å². The minimum absolute atomic E-state index is 0.191. The normalized spacial score (nSPS) is 15.1. The van der Waals surface area contributed by atoms with Gasteiger partial charge in [0.1, 0.15) is 0 Å². The van der Waals surface area contributed by atoms with E-state index >= 15 is 0 Å². The summed E-state index contributed by atoms with van der Waals surface area (Å²) in [5.41, 5.74) is 1.69. The predicted molar refractivity (Wildman–Crippen MR) is 129 cm³/mol. The number of rotatable bonds is 7. The maximum atomic E-state index is 13.5. The van der Waals surface area contributed by atoms with Gasteiger partial charge in [0.15, 0.2) is 16.6 Å². The lowest BCUT2D eigenvalue weighted by molar-refractivity contribution is -0.121. The summed E-state index contributed by atoms with van der Waals surface area (Å²) in [5, 5.41) is 0.594. The van der Waals surface area contributed by atoms with Gasteiger partial charge >= 0.3 is 0 Å². The van der Waals surface area contributed by atoms with Gasteiger partial charge in [-0.15, -0.1) is 0 Å². The highest BCUT2D eigenvalue weighted by Gasteiger charge is 2.30. The molecule has 5 rings (SSSR count). The number of hydrogen-bond donors (Lipinski definition) is 0. The Morgan fingerprint density at radius 1 is 1.03 bits per heavy atom. The summed E-state index contributed by atoms with van der Waals surface area (Å²) in [6.45, 7) is 1.51. The van der Waals surface area contributed by atoms with Crippen molar-refractivity contribution in [2.45, 2.75) is 19.3 Å². The summed E-state index contributed by atoms with van der Waals surface area (Å²) >= 11 is 1.42. The molecule has 1 aromatic heterocycles. The highest BCUT2D eigenvalue weighted by atomic mass is 32.1. The van der Waals surface area contributed by atoms with Crippen LogP contribution in [0.1, 0.15) is 29.6 Å². The molecule has 3 heterocycles. The van der Waals surface area contributed by atoms with Gasteiger partial charge in [-0.1, -0.05) is 11.3 Å². The maximum absolute atomic E-state index is 13.5. The number of amides is 3. The van der Waals surface area contributed by atoms with Crippen LogP contribution in [0.25, 0.3) is 10.2 Å². The molecule has 1 saturated heterocycles. The van der Waals surface area contributed by atoms with Crippen LogP contribution in [0, 0.1) is 0 Å². The second-order valence-electron chi connectivity index (χ2n) is 8.45. The Morgan fingerprint density at radius 3 is 2.38 bits per heavy atom. The molecule has 0 unspecified atom stereocenters. The number of carbonyl (C=O) groups is 3. The minimum atomic E-state index is -0.219. The standard InChI is InChI=1S/C24H24N4O5S/c1-26(2)10-3-11-27(24-25-17-12-18-19(33-14-32-18)13-20(17)34-24)23(31)15-4-6-16(7-5-15)28-21(29)8-9-22(28)30/h4-7,12-13H,3,8-11,14H2,1-2H3. The Balaban J connectivity index is 1.43. The quantitative estimate of drug-likeness (QED) is 0.479. The van der Waals surface area contributed by atoms with Crippen LogP contribution in [0.3, 0.4) is 0 Å². The number of fused-ring (bicyclic) bond motifs is 2. The lowest BCUT2D eigenvalue weighted by Crippen LogP contribution is -2.33. The van der Waals surface area contributed by atoms with Crippen LogP contribution in [0.4, 0.5) is 10.8 Å². The monoisotopic (exact) mass is 480 g/mol. The molecule has 0 aliphatic carbocycles. The van der Waals surface area contributed by atoms with E-state index in [-0.39, 0.29) is 37.4 Å². The molecule has 1 fully saturated rings. The SMILES string of the molecule is CN(C)CCCN(C(=O)c1ccc(N2C(=O)CCC2=O)cc1)c1nc2cc3c(cc2s1)OCO3. The summed E-state index contributed by atoms with van der Waals surface area (Å²) < 4.78 is 11.8. The Labute approximate surface area is 200 Å². The van der Waals surface area contributed by atoms with Gasteiger partial charge < -0.3 is 14.4 Å². The van der Waals surface area contributed by atoms with Crippen LogP contribution in [-0.2, 0) is 9.59 Å². The molecule has 0 radical (unpaired) electrons. The second-order valence-corrected chi connectivity index (χ2v) is 9.46. The molecule has 0 spiro atoms. The van der Waals surface area contributed by atoms with Gasteiger partial charge in [-0.2, -0.15) is 0 Å². The molecule has 2 aliphatic rings. The molecule has 0 bridgehead atoms. The summed E-state index contributed by atoms with van der Waals surface area (Å²) in [5.74, 6) is 0.696. The number of carbonyl (C=O) groups excluding carboxylic acids is 3. The Bertz CT molecular complexity index is 1210. The van der Waals surface area contributed by atoms with E-state index in [0.717, 1.165) is 23.2 Å². The number of aromatic nitrogens is 1. The van der Waals surface area contributed by atoms with Crippen LogP contribution in [0.5, 0.6) is 11.5 Å². The first kappa shape index (κ1) is 22.3. The highest BCUT2D eigenvalue weighted by molar-refractivity contribution is 7.22.